The molecule has 0 amide bonds. The maximum Gasteiger partial charge on any atom is 0.132 e. The highest BCUT2D eigenvalue weighted by molar-refractivity contribution is 6.30. The molecule has 2 rings (SSSR count). The molecular formula is C9H10ClNO. The van der Waals surface area contributed by atoms with Crippen LogP contribution in [0.15, 0.2) is 6.20 Å². The van der Waals surface area contributed by atoms with E-state index < -0.39 is 0 Å². The Labute approximate surface area is 76.2 Å². The van der Waals surface area contributed by atoms with Crippen LogP contribution in [0.25, 0.3) is 0 Å². The van der Waals surface area contributed by atoms with Crippen LogP contribution in [0.2, 0.25) is 5.15 Å². The first-order valence-corrected chi connectivity index (χ1v) is 4.46. The van der Waals surface area contributed by atoms with Gasteiger partial charge in [-0.15, -0.1) is 0 Å². The lowest BCUT2D eigenvalue weighted by atomic mass is 10.1. The molecule has 64 valence electrons. The van der Waals surface area contributed by atoms with E-state index in [1.54, 1.807) is 6.20 Å². The molecule has 0 spiro atoms. The summed E-state index contributed by atoms with van der Waals surface area (Å²) in [6.07, 6.45) is 4.85. The second-order valence-corrected chi connectivity index (χ2v) is 3.40. The fourth-order valence-corrected chi connectivity index (χ4v) is 2.01. The summed E-state index contributed by atoms with van der Waals surface area (Å²) in [5.74, 6) is 0. The minimum Gasteiger partial charge on any atom is -0.392 e. The van der Waals surface area contributed by atoms with E-state index in [1.807, 2.05) is 0 Å². The Bertz CT molecular complexity index is 312. The van der Waals surface area contributed by atoms with E-state index in [-0.39, 0.29) is 6.61 Å². The van der Waals surface area contributed by atoms with Gasteiger partial charge in [-0.1, -0.05) is 11.6 Å². The normalized spacial score (nSPS) is 14.8. The minimum atomic E-state index is 0.0759. The molecule has 0 saturated heterocycles. The SMILES string of the molecule is OCc1cnc(Cl)c2c1CCC2. The van der Waals surface area contributed by atoms with Crippen molar-refractivity contribution in [1.29, 1.82) is 0 Å². The highest BCUT2D eigenvalue weighted by Gasteiger charge is 2.17. The van der Waals surface area contributed by atoms with E-state index in [0.717, 1.165) is 30.4 Å². The van der Waals surface area contributed by atoms with Crippen LogP contribution in [0, 0.1) is 0 Å². The topological polar surface area (TPSA) is 33.1 Å². The monoisotopic (exact) mass is 183 g/mol. The maximum atomic E-state index is 9.01. The summed E-state index contributed by atoms with van der Waals surface area (Å²) < 4.78 is 0. The van der Waals surface area contributed by atoms with Gasteiger partial charge in [0.05, 0.1) is 6.61 Å². The van der Waals surface area contributed by atoms with Crippen molar-refractivity contribution in [2.24, 2.45) is 0 Å². The highest BCUT2D eigenvalue weighted by Crippen LogP contribution is 2.29. The lowest BCUT2D eigenvalue weighted by Gasteiger charge is -2.05. The van der Waals surface area contributed by atoms with Gasteiger partial charge in [0.1, 0.15) is 5.15 Å². The molecule has 0 fully saturated rings. The van der Waals surface area contributed by atoms with Crippen molar-refractivity contribution < 1.29 is 5.11 Å². The molecule has 1 aliphatic carbocycles. The largest absolute Gasteiger partial charge is 0.392 e. The van der Waals surface area contributed by atoms with E-state index >= 15 is 0 Å². The predicted octanol–water partition coefficient (Wildman–Crippen LogP) is 1.72. The molecule has 1 heterocycles. The average molecular weight is 184 g/mol. The molecule has 0 unspecified atom stereocenters. The molecule has 0 bridgehead atoms. The van der Waals surface area contributed by atoms with Gasteiger partial charge in [-0.25, -0.2) is 4.98 Å². The van der Waals surface area contributed by atoms with Gasteiger partial charge in [-0.3, -0.25) is 0 Å². The Balaban J connectivity index is 2.57. The van der Waals surface area contributed by atoms with Crippen LogP contribution in [-0.2, 0) is 19.4 Å². The summed E-state index contributed by atoms with van der Waals surface area (Å²) in [4.78, 5) is 4.03. The number of rotatable bonds is 1. The Hall–Kier alpha value is -0.600. The molecule has 0 saturated carbocycles. The summed E-state index contributed by atoms with van der Waals surface area (Å²) in [6.45, 7) is 0.0759. The number of hydrogen-bond donors (Lipinski definition) is 1. The smallest absolute Gasteiger partial charge is 0.132 e. The van der Waals surface area contributed by atoms with Crippen LogP contribution >= 0.6 is 11.6 Å². The van der Waals surface area contributed by atoms with Crippen LogP contribution in [-0.4, -0.2) is 10.1 Å². The van der Waals surface area contributed by atoms with Crippen molar-refractivity contribution in [2.75, 3.05) is 0 Å². The third-order valence-electron chi connectivity index (χ3n) is 2.36. The number of aliphatic hydroxyl groups is 1. The summed E-state index contributed by atoms with van der Waals surface area (Å²) in [7, 11) is 0. The summed E-state index contributed by atoms with van der Waals surface area (Å²) >= 11 is 5.91. The molecule has 1 aromatic heterocycles. The van der Waals surface area contributed by atoms with E-state index in [9.17, 15) is 0 Å². The van der Waals surface area contributed by atoms with Gasteiger partial charge in [0.25, 0.3) is 0 Å². The van der Waals surface area contributed by atoms with Gasteiger partial charge >= 0.3 is 0 Å². The van der Waals surface area contributed by atoms with E-state index in [1.165, 1.54) is 5.56 Å². The number of fused-ring (bicyclic) bond motifs is 1. The standard InChI is InChI=1S/C9H10ClNO/c10-9-8-3-1-2-7(8)6(5-12)4-11-9/h4,12H,1-3,5H2. The van der Waals surface area contributed by atoms with Crippen LogP contribution in [0.1, 0.15) is 23.1 Å². The maximum absolute atomic E-state index is 9.01. The fraction of sp³-hybridized carbons (Fsp3) is 0.444. The Morgan fingerprint density at radius 2 is 2.17 bits per heavy atom. The molecule has 0 radical (unpaired) electrons. The minimum absolute atomic E-state index is 0.0759. The Morgan fingerprint density at radius 3 is 2.92 bits per heavy atom. The van der Waals surface area contributed by atoms with Crippen molar-refractivity contribution in [3.05, 3.63) is 28.0 Å². The Kier molecular flexibility index (Phi) is 2.03. The summed E-state index contributed by atoms with van der Waals surface area (Å²) in [5.41, 5.74) is 3.30. The van der Waals surface area contributed by atoms with E-state index in [0.29, 0.717) is 5.15 Å². The molecule has 2 nitrogen and oxygen atoms in total. The van der Waals surface area contributed by atoms with Crippen LogP contribution < -0.4 is 0 Å². The molecule has 1 aromatic rings. The van der Waals surface area contributed by atoms with Gasteiger partial charge in [0.15, 0.2) is 0 Å². The van der Waals surface area contributed by atoms with Crippen LogP contribution in [0.5, 0.6) is 0 Å². The molecule has 0 aliphatic heterocycles. The molecule has 3 heteroatoms. The van der Waals surface area contributed by atoms with Gasteiger partial charge in [-0.2, -0.15) is 0 Å². The van der Waals surface area contributed by atoms with Gasteiger partial charge in [-0.05, 0) is 36.0 Å². The first-order valence-electron chi connectivity index (χ1n) is 4.09. The van der Waals surface area contributed by atoms with E-state index in [4.69, 9.17) is 16.7 Å². The number of pyridine rings is 1. The molecule has 12 heavy (non-hydrogen) atoms. The number of hydrogen-bond acceptors (Lipinski definition) is 2. The Morgan fingerprint density at radius 1 is 1.42 bits per heavy atom. The van der Waals surface area contributed by atoms with Gasteiger partial charge < -0.3 is 5.11 Å². The number of nitrogens with zero attached hydrogens (tertiary/aromatic N) is 1. The zero-order chi connectivity index (χ0) is 8.55. The zero-order valence-electron chi connectivity index (χ0n) is 6.68. The van der Waals surface area contributed by atoms with Crippen molar-refractivity contribution >= 4 is 11.6 Å². The molecule has 1 aliphatic rings. The predicted molar refractivity (Wildman–Crippen MR) is 47.2 cm³/mol. The molecule has 0 atom stereocenters. The third kappa shape index (κ3) is 1.11. The fourth-order valence-electron chi connectivity index (χ4n) is 1.75. The lowest BCUT2D eigenvalue weighted by molar-refractivity contribution is 0.280. The lowest BCUT2D eigenvalue weighted by Crippen LogP contribution is -1.95. The second-order valence-electron chi connectivity index (χ2n) is 3.04. The zero-order valence-corrected chi connectivity index (χ0v) is 7.43. The number of aromatic nitrogens is 1. The van der Waals surface area contributed by atoms with Crippen LogP contribution in [0.4, 0.5) is 0 Å². The first-order chi connectivity index (χ1) is 5.83. The molecular weight excluding hydrogens is 174 g/mol. The highest BCUT2D eigenvalue weighted by atomic mass is 35.5. The number of aliphatic hydroxyl groups excluding tert-OH is 1. The van der Waals surface area contributed by atoms with Crippen molar-refractivity contribution in [3.8, 4) is 0 Å². The molecule has 0 aromatic carbocycles. The second kappa shape index (κ2) is 3.04. The van der Waals surface area contributed by atoms with Crippen molar-refractivity contribution in [3.63, 3.8) is 0 Å². The third-order valence-corrected chi connectivity index (χ3v) is 2.68. The number of halogens is 1. The van der Waals surface area contributed by atoms with Gasteiger partial charge in [0, 0.05) is 6.20 Å². The van der Waals surface area contributed by atoms with Crippen LogP contribution in [0.3, 0.4) is 0 Å². The summed E-state index contributed by atoms with van der Waals surface area (Å²) in [5, 5.41) is 9.62. The molecule has 1 N–H and O–H groups in total. The quantitative estimate of drug-likeness (QED) is 0.673. The van der Waals surface area contributed by atoms with E-state index in [2.05, 4.69) is 4.98 Å². The first kappa shape index (κ1) is 8.02. The van der Waals surface area contributed by atoms with Gasteiger partial charge in [0.2, 0.25) is 0 Å². The van der Waals surface area contributed by atoms with Crippen molar-refractivity contribution in [2.45, 2.75) is 25.9 Å². The van der Waals surface area contributed by atoms with Crippen molar-refractivity contribution in [1.82, 2.24) is 4.98 Å². The summed E-state index contributed by atoms with van der Waals surface area (Å²) in [6, 6.07) is 0. The average Bonchev–Trinajstić information content (AvgIpc) is 2.54.